The smallest absolute Gasteiger partial charge is 0.293 e. The molecule has 0 aliphatic carbocycles. The van der Waals surface area contributed by atoms with E-state index in [4.69, 9.17) is 0 Å². The summed E-state index contributed by atoms with van der Waals surface area (Å²) in [7, 11) is 0. The lowest BCUT2D eigenvalue weighted by Gasteiger charge is -2.13. The number of benzene rings is 1. The Morgan fingerprint density at radius 1 is 1.15 bits per heavy atom. The summed E-state index contributed by atoms with van der Waals surface area (Å²) < 4.78 is 0. The zero-order valence-corrected chi connectivity index (χ0v) is 19.8. The molecule has 33 heavy (non-hydrogen) atoms. The van der Waals surface area contributed by atoms with E-state index in [1.54, 1.807) is 24.5 Å². The van der Waals surface area contributed by atoms with E-state index in [2.05, 4.69) is 15.3 Å². The quantitative estimate of drug-likeness (QED) is 0.511. The van der Waals surface area contributed by atoms with Crippen molar-refractivity contribution in [3.8, 4) is 11.3 Å². The maximum atomic E-state index is 12.6. The van der Waals surface area contributed by atoms with Crippen LogP contribution in [0.5, 0.6) is 0 Å². The van der Waals surface area contributed by atoms with Gasteiger partial charge in [-0.2, -0.15) is 0 Å². The van der Waals surface area contributed by atoms with Crippen molar-refractivity contribution in [1.82, 2.24) is 20.2 Å². The van der Waals surface area contributed by atoms with Crippen LogP contribution in [-0.4, -0.2) is 45.0 Å². The molecule has 1 N–H and O–H groups in total. The average Bonchev–Trinajstić information content (AvgIpc) is 3.28. The number of nitrogens with zero attached hydrogens (tertiary/aromatic N) is 3. The van der Waals surface area contributed by atoms with Crippen molar-refractivity contribution < 1.29 is 14.4 Å². The fourth-order valence-electron chi connectivity index (χ4n) is 3.35. The Bertz CT molecular complexity index is 1220. The lowest BCUT2D eigenvalue weighted by molar-refractivity contribution is -0.124. The van der Waals surface area contributed by atoms with E-state index in [1.807, 2.05) is 44.2 Å². The molecule has 0 spiro atoms. The second kappa shape index (κ2) is 10.1. The Labute approximate surface area is 199 Å². The molecule has 0 unspecified atom stereocenters. The van der Waals surface area contributed by atoms with E-state index in [0.29, 0.717) is 4.91 Å². The van der Waals surface area contributed by atoms with Gasteiger partial charge in [0.05, 0.1) is 22.0 Å². The third kappa shape index (κ3) is 5.55. The van der Waals surface area contributed by atoms with E-state index < -0.39 is 0 Å². The topological polar surface area (TPSA) is 92.3 Å². The van der Waals surface area contributed by atoms with Crippen molar-refractivity contribution in [2.75, 3.05) is 13.1 Å². The standard InChI is InChI=1S/C24H22N4O3S2/c1-15-5-7-18(8-6-15)22-19(32-16(2)27-22)13-21(29)26-10-11-28-23(30)20(33-24(28)31)12-17-4-3-9-25-14-17/h3-9,12,14H,10-11,13H2,1-2H3,(H,26,29). The van der Waals surface area contributed by atoms with Gasteiger partial charge >= 0.3 is 0 Å². The van der Waals surface area contributed by atoms with Gasteiger partial charge in [-0.15, -0.1) is 11.3 Å². The first kappa shape index (κ1) is 22.9. The fourth-order valence-corrected chi connectivity index (χ4v) is 5.17. The van der Waals surface area contributed by atoms with E-state index >= 15 is 0 Å². The molecule has 3 aromatic rings. The van der Waals surface area contributed by atoms with Gasteiger partial charge in [0.2, 0.25) is 5.91 Å². The lowest BCUT2D eigenvalue weighted by Crippen LogP contribution is -2.37. The molecule has 1 aliphatic heterocycles. The lowest BCUT2D eigenvalue weighted by atomic mass is 10.1. The number of nitrogens with one attached hydrogen (secondary N) is 1. The van der Waals surface area contributed by atoms with Crippen LogP contribution in [0, 0.1) is 13.8 Å². The third-order valence-electron chi connectivity index (χ3n) is 4.96. The average molecular weight is 479 g/mol. The number of carbonyl (C=O) groups is 3. The second-order valence-electron chi connectivity index (χ2n) is 7.52. The number of thiazole rings is 1. The number of rotatable bonds is 7. The normalized spacial score (nSPS) is 14.8. The minimum absolute atomic E-state index is 0.118. The number of aromatic nitrogens is 2. The maximum absolute atomic E-state index is 12.6. The molecule has 168 valence electrons. The van der Waals surface area contributed by atoms with Crippen LogP contribution >= 0.6 is 23.1 Å². The van der Waals surface area contributed by atoms with Crippen molar-refractivity contribution >= 4 is 46.2 Å². The third-order valence-corrected chi connectivity index (χ3v) is 6.84. The van der Waals surface area contributed by atoms with Crippen LogP contribution in [-0.2, 0) is 16.0 Å². The summed E-state index contributed by atoms with van der Waals surface area (Å²) in [6.07, 6.45) is 5.11. The van der Waals surface area contributed by atoms with Gasteiger partial charge in [0.25, 0.3) is 11.1 Å². The summed E-state index contributed by atoms with van der Waals surface area (Å²) in [5, 5.41) is 3.37. The Balaban J connectivity index is 1.34. The number of carbonyl (C=O) groups excluding carboxylic acids is 3. The van der Waals surface area contributed by atoms with Gasteiger partial charge < -0.3 is 5.32 Å². The van der Waals surface area contributed by atoms with Gasteiger partial charge in [-0.25, -0.2) is 4.98 Å². The molecule has 0 atom stereocenters. The van der Waals surface area contributed by atoms with Gasteiger partial charge in [-0.1, -0.05) is 35.9 Å². The monoisotopic (exact) mass is 478 g/mol. The molecule has 3 amide bonds. The highest BCUT2D eigenvalue weighted by Crippen LogP contribution is 2.32. The highest BCUT2D eigenvalue weighted by molar-refractivity contribution is 8.18. The Morgan fingerprint density at radius 2 is 1.94 bits per heavy atom. The van der Waals surface area contributed by atoms with Gasteiger partial charge in [-0.05, 0) is 43.3 Å². The predicted octanol–water partition coefficient (Wildman–Crippen LogP) is 4.22. The first-order chi connectivity index (χ1) is 15.9. The highest BCUT2D eigenvalue weighted by atomic mass is 32.2. The molecule has 0 bridgehead atoms. The van der Waals surface area contributed by atoms with Crippen molar-refractivity contribution in [3.63, 3.8) is 0 Å². The van der Waals surface area contributed by atoms with Crippen LogP contribution in [0.3, 0.4) is 0 Å². The van der Waals surface area contributed by atoms with Crippen LogP contribution in [0.15, 0.2) is 53.7 Å². The molecule has 2 aromatic heterocycles. The number of imide groups is 1. The fraction of sp³-hybridized carbons (Fsp3) is 0.208. The molecular weight excluding hydrogens is 456 g/mol. The summed E-state index contributed by atoms with van der Waals surface area (Å²) >= 11 is 2.39. The Hall–Kier alpha value is -3.30. The van der Waals surface area contributed by atoms with Crippen LogP contribution in [0.4, 0.5) is 4.79 Å². The number of pyridine rings is 1. The summed E-state index contributed by atoms with van der Waals surface area (Å²) in [5.41, 5.74) is 3.71. The van der Waals surface area contributed by atoms with Crippen molar-refractivity contribution in [1.29, 1.82) is 0 Å². The molecule has 0 radical (unpaired) electrons. The first-order valence-electron chi connectivity index (χ1n) is 10.4. The Kier molecular flexibility index (Phi) is 7.00. The largest absolute Gasteiger partial charge is 0.354 e. The number of hydrogen-bond acceptors (Lipinski definition) is 7. The molecule has 9 heteroatoms. The molecule has 0 saturated carbocycles. The molecule has 4 rings (SSSR count). The van der Waals surface area contributed by atoms with Gasteiger partial charge in [0, 0.05) is 35.9 Å². The minimum Gasteiger partial charge on any atom is -0.354 e. The van der Waals surface area contributed by atoms with E-state index in [-0.39, 0.29) is 36.6 Å². The number of thioether (sulfide) groups is 1. The molecule has 1 fully saturated rings. The van der Waals surface area contributed by atoms with Crippen molar-refractivity contribution in [2.24, 2.45) is 0 Å². The highest BCUT2D eigenvalue weighted by Gasteiger charge is 2.34. The number of hydrogen-bond donors (Lipinski definition) is 1. The first-order valence-corrected chi connectivity index (χ1v) is 12.0. The predicted molar refractivity (Wildman–Crippen MR) is 131 cm³/mol. The SMILES string of the molecule is Cc1ccc(-c2nc(C)sc2CC(=O)NCCN2C(=O)SC(=Cc3cccnc3)C2=O)cc1. The summed E-state index contributed by atoms with van der Waals surface area (Å²) in [5.74, 6) is -0.535. The van der Waals surface area contributed by atoms with Crippen molar-refractivity contribution in [3.05, 3.63) is 74.7 Å². The minimum atomic E-state index is -0.358. The molecular formula is C24H22N4O3S2. The van der Waals surface area contributed by atoms with Gasteiger partial charge in [-0.3, -0.25) is 24.3 Å². The number of aryl methyl sites for hydroxylation is 2. The van der Waals surface area contributed by atoms with Gasteiger partial charge in [0.1, 0.15) is 0 Å². The van der Waals surface area contributed by atoms with Crippen LogP contribution in [0.1, 0.15) is 21.0 Å². The molecule has 1 saturated heterocycles. The second-order valence-corrected chi connectivity index (χ2v) is 9.80. The summed E-state index contributed by atoms with van der Waals surface area (Å²) in [6, 6.07) is 11.6. The zero-order valence-electron chi connectivity index (χ0n) is 18.2. The Morgan fingerprint density at radius 3 is 2.67 bits per heavy atom. The molecule has 7 nitrogen and oxygen atoms in total. The molecule has 1 aromatic carbocycles. The zero-order chi connectivity index (χ0) is 23.4. The van der Waals surface area contributed by atoms with Crippen LogP contribution < -0.4 is 5.32 Å². The van der Waals surface area contributed by atoms with E-state index in [9.17, 15) is 14.4 Å². The van der Waals surface area contributed by atoms with Crippen LogP contribution in [0.2, 0.25) is 0 Å². The van der Waals surface area contributed by atoms with Gasteiger partial charge in [0.15, 0.2) is 0 Å². The van der Waals surface area contributed by atoms with E-state index in [0.717, 1.165) is 48.9 Å². The maximum Gasteiger partial charge on any atom is 0.293 e. The van der Waals surface area contributed by atoms with Crippen LogP contribution in [0.25, 0.3) is 17.3 Å². The summed E-state index contributed by atoms with van der Waals surface area (Å²) in [4.78, 5) is 48.4. The van der Waals surface area contributed by atoms with Crippen molar-refractivity contribution in [2.45, 2.75) is 20.3 Å². The summed E-state index contributed by atoms with van der Waals surface area (Å²) in [6.45, 7) is 4.25. The molecule has 3 heterocycles. The molecule has 1 aliphatic rings. The number of amides is 3. The van der Waals surface area contributed by atoms with E-state index in [1.165, 1.54) is 11.3 Å².